The van der Waals surface area contributed by atoms with Gasteiger partial charge in [0.25, 0.3) is 0 Å². The molecule has 0 aromatic heterocycles. The van der Waals surface area contributed by atoms with E-state index in [1.807, 2.05) is 0 Å². The van der Waals surface area contributed by atoms with Gasteiger partial charge in [-0.2, -0.15) is 0 Å². The van der Waals surface area contributed by atoms with Gasteiger partial charge in [-0.05, 0) is 42.7 Å². The Kier molecular flexibility index (Phi) is 7.99. The van der Waals surface area contributed by atoms with Crippen molar-refractivity contribution in [2.45, 2.75) is 103 Å². The SMILES string of the molecule is CC[Si](CC)(CC)O[C@@H](CCO[Si](C)(C)C(C)(C)C)C[C@H]1CO1. The van der Waals surface area contributed by atoms with Crippen LogP contribution in [0.2, 0.25) is 36.3 Å². The summed E-state index contributed by atoms with van der Waals surface area (Å²) in [7, 11) is -3.21. The molecule has 138 valence electrons. The van der Waals surface area contributed by atoms with Gasteiger partial charge in [0.15, 0.2) is 16.6 Å². The molecule has 0 aromatic rings. The van der Waals surface area contributed by atoms with E-state index in [0.29, 0.717) is 12.2 Å². The molecule has 0 spiro atoms. The van der Waals surface area contributed by atoms with E-state index in [9.17, 15) is 0 Å². The lowest BCUT2D eigenvalue weighted by Gasteiger charge is -2.37. The second-order valence-corrected chi connectivity index (χ2v) is 18.1. The van der Waals surface area contributed by atoms with Gasteiger partial charge >= 0.3 is 0 Å². The number of hydrogen-bond acceptors (Lipinski definition) is 3. The van der Waals surface area contributed by atoms with Gasteiger partial charge in [-0.1, -0.05) is 41.5 Å². The smallest absolute Gasteiger partial charge is 0.192 e. The molecule has 1 aliphatic heterocycles. The molecule has 0 radical (unpaired) electrons. The molecule has 0 N–H and O–H groups in total. The molecule has 0 amide bonds. The first kappa shape index (κ1) is 21.4. The van der Waals surface area contributed by atoms with Gasteiger partial charge < -0.3 is 13.6 Å². The predicted molar refractivity (Wildman–Crippen MR) is 104 cm³/mol. The van der Waals surface area contributed by atoms with E-state index in [1.165, 1.54) is 18.1 Å². The molecule has 1 fully saturated rings. The maximum Gasteiger partial charge on any atom is 0.192 e. The summed E-state index contributed by atoms with van der Waals surface area (Å²) in [5, 5.41) is 0.276. The Morgan fingerprint density at radius 2 is 1.61 bits per heavy atom. The van der Waals surface area contributed by atoms with Crippen molar-refractivity contribution < 1.29 is 13.6 Å². The Hall–Kier alpha value is 0.314. The molecular weight excluding hydrogens is 320 g/mol. The van der Waals surface area contributed by atoms with E-state index in [4.69, 9.17) is 13.6 Å². The molecule has 23 heavy (non-hydrogen) atoms. The standard InChI is InChI=1S/C18H40O3Si2/c1-9-23(10-2,11-3)21-16(14-17-15-19-17)12-13-20-22(7,8)18(4,5)6/h16-17H,9-15H2,1-8H3/t16-,17-/m0/s1. The first-order chi connectivity index (χ1) is 10.6. The molecule has 5 heteroatoms. The second kappa shape index (κ2) is 8.61. The first-order valence-corrected chi connectivity index (χ1v) is 15.0. The summed E-state index contributed by atoms with van der Waals surface area (Å²) < 4.78 is 18.6. The van der Waals surface area contributed by atoms with Crippen molar-refractivity contribution in [3.8, 4) is 0 Å². The summed E-state index contributed by atoms with van der Waals surface area (Å²) in [5.41, 5.74) is 0. The van der Waals surface area contributed by atoms with Crippen LogP contribution in [-0.2, 0) is 13.6 Å². The van der Waals surface area contributed by atoms with E-state index in [1.54, 1.807) is 0 Å². The van der Waals surface area contributed by atoms with E-state index < -0.39 is 16.6 Å². The van der Waals surface area contributed by atoms with Crippen molar-refractivity contribution in [2.24, 2.45) is 0 Å². The third-order valence-corrected chi connectivity index (χ3v) is 15.2. The Labute approximate surface area is 146 Å². The molecular formula is C18H40O3Si2. The number of epoxide rings is 1. The zero-order valence-electron chi connectivity index (χ0n) is 16.8. The Morgan fingerprint density at radius 3 is 2.00 bits per heavy atom. The third-order valence-electron chi connectivity index (χ3n) is 5.99. The molecule has 1 heterocycles. The number of ether oxygens (including phenoxy) is 1. The summed E-state index contributed by atoms with van der Waals surface area (Å²) in [4.78, 5) is 0. The van der Waals surface area contributed by atoms with Gasteiger partial charge in [0.05, 0.1) is 12.7 Å². The summed E-state index contributed by atoms with van der Waals surface area (Å²) in [6.07, 6.45) is 2.82. The lowest BCUT2D eigenvalue weighted by molar-refractivity contribution is 0.128. The molecule has 0 bridgehead atoms. The molecule has 1 rings (SSSR count). The van der Waals surface area contributed by atoms with Crippen LogP contribution in [0.4, 0.5) is 0 Å². The van der Waals surface area contributed by atoms with E-state index in [2.05, 4.69) is 54.6 Å². The van der Waals surface area contributed by atoms with Gasteiger partial charge in [0, 0.05) is 19.1 Å². The lowest BCUT2D eigenvalue weighted by atomic mass is 10.1. The Morgan fingerprint density at radius 1 is 1.09 bits per heavy atom. The average molecular weight is 361 g/mol. The summed E-state index contributed by atoms with van der Waals surface area (Å²) in [6, 6.07) is 3.64. The van der Waals surface area contributed by atoms with Crippen LogP contribution in [0.3, 0.4) is 0 Å². The molecule has 0 unspecified atom stereocenters. The van der Waals surface area contributed by atoms with Crippen LogP contribution in [0.5, 0.6) is 0 Å². The highest BCUT2D eigenvalue weighted by molar-refractivity contribution is 6.74. The molecule has 1 saturated heterocycles. The maximum atomic E-state index is 6.73. The minimum absolute atomic E-state index is 0.276. The summed E-state index contributed by atoms with van der Waals surface area (Å²) in [6.45, 7) is 20.2. The van der Waals surface area contributed by atoms with Gasteiger partial charge in [-0.3, -0.25) is 0 Å². The summed E-state index contributed by atoms with van der Waals surface area (Å²) in [5.74, 6) is 0. The molecule has 0 aliphatic carbocycles. The monoisotopic (exact) mass is 360 g/mol. The zero-order valence-corrected chi connectivity index (χ0v) is 18.8. The number of rotatable bonds is 11. The van der Waals surface area contributed by atoms with E-state index >= 15 is 0 Å². The molecule has 1 aliphatic rings. The lowest BCUT2D eigenvalue weighted by Crippen LogP contribution is -2.43. The fraction of sp³-hybridized carbons (Fsp3) is 1.00. The largest absolute Gasteiger partial charge is 0.417 e. The topological polar surface area (TPSA) is 31.0 Å². The molecule has 3 nitrogen and oxygen atoms in total. The quantitative estimate of drug-likeness (QED) is 0.356. The minimum atomic E-state index is -1.66. The fourth-order valence-electron chi connectivity index (χ4n) is 2.74. The highest BCUT2D eigenvalue weighted by atomic mass is 28.4. The Balaban J connectivity index is 2.58. The van der Waals surface area contributed by atoms with Gasteiger partial charge in [0.2, 0.25) is 0 Å². The first-order valence-electron chi connectivity index (χ1n) is 9.52. The highest BCUT2D eigenvalue weighted by Crippen LogP contribution is 2.37. The van der Waals surface area contributed by atoms with Crippen molar-refractivity contribution >= 4 is 16.6 Å². The van der Waals surface area contributed by atoms with Crippen LogP contribution in [0, 0.1) is 0 Å². The van der Waals surface area contributed by atoms with Gasteiger partial charge in [-0.15, -0.1) is 0 Å². The van der Waals surface area contributed by atoms with Crippen LogP contribution in [0.15, 0.2) is 0 Å². The molecule has 0 aromatic carbocycles. The fourth-order valence-corrected chi connectivity index (χ4v) is 6.72. The van der Waals surface area contributed by atoms with Gasteiger partial charge in [-0.25, -0.2) is 0 Å². The van der Waals surface area contributed by atoms with Crippen LogP contribution in [0.25, 0.3) is 0 Å². The van der Waals surface area contributed by atoms with Crippen molar-refractivity contribution in [2.75, 3.05) is 13.2 Å². The maximum absolute atomic E-state index is 6.73. The minimum Gasteiger partial charge on any atom is -0.417 e. The third kappa shape index (κ3) is 6.61. The normalized spacial score (nSPS) is 20.6. The summed E-state index contributed by atoms with van der Waals surface area (Å²) >= 11 is 0. The Bertz CT molecular complexity index is 336. The van der Waals surface area contributed by atoms with Crippen molar-refractivity contribution in [1.82, 2.24) is 0 Å². The van der Waals surface area contributed by atoms with Crippen molar-refractivity contribution in [3.63, 3.8) is 0 Å². The second-order valence-electron chi connectivity index (χ2n) is 8.57. The van der Waals surface area contributed by atoms with Crippen LogP contribution in [0.1, 0.15) is 54.4 Å². The molecule has 0 saturated carbocycles. The van der Waals surface area contributed by atoms with Crippen LogP contribution < -0.4 is 0 Å². The van der Waals surface area contributed by atoms with Crippen molar-refractivity contribution in [3.05, 3.63) is 0 Å². The average Bonchev–Trinajstić information content (AvgIpc) is 3.27. The zero-order chi connectivity index (χ0) is 17.7. The van der Waals surface area contributed by atoms with Crippen LogP contribution >= 0.6 is 0 Å². The predicted octanol–water partition coefficient (Wildman–Crippen LogP) is 5.58. The van der Waals surface area contributed by atoms with Crippen LogP contribution in [-0.4, -0.2) is 42.1 Å². The highest BCUT2D eigenvalue weighted by Gasteiger charge is 2.38. The van der Waals surface area contributed by atoms with Gasteiger partial charge in [0.1, 0.15) is 0 Å². The van der Waals surface area contributed by atoms with E-state index in [0.717, 1.165) is 26.1 Å². The molecule has 2 atom stereocenters. The number of hydrogen-bond donors (Lipinski definition) is 0. The van der Waals surface area contributed by atoms with Crippen molar-refractivity contribution in [1.29, 1.82) is 0 Å². The van der Waals surface area contributed by atoms with E-state index in [-0.39, 0.29) is 5.04 Å².